The summed E-state index contributed by atoms with van der Waals surface area (Å²) in [5, 5.41) is 5.24. The van der Waals surface area contributed by atoms with Crippen LogP contribution in [-0.2, 0) is 21.2 Å². The summed E-state index contributed by atoms with van der Waals surface area (Å²) < 4.78 is 27.7. The molecule has 8 nitrogen and oxygen atoms in total. The molecule has 3 rings (SSSR count). The number of carbonyl (C=O) groups excluding carboxylic acids is 2. The van der Waals surface area contributed by atoms with Crippen LogP contribution in [0.3, 0.4) is 0 Å². The van der Waals surface area contributed by atoms with E-state index >= 15 is 0 Å². The summed E-state index contributed by atoms with van der Waals surface area (Å²) >= 11 is 0. The summed E-state index contributed by atoms with van der Waals surface area (Å²) in [5.41, 5.74) is 1.16. The summed E-state index contributed by atoms with van der Waals surface area (Å²) in [6, 6.07) is 9.62. The molecule has 0 saturated carbocycles. The van der Waals surface area contributed by atoms with E-state index in [1.54, 1.807) is 4.90 Å². The fourth-order valence-corrected chi connectivity index (χ4v) is 6.19. The van der Waals surface area contributed by atoms with Gasteiger partial charge in [-0.15, -0.1) is 0 Å². The standard InChI is InChI=1S/C22H32N4O4S/c1-2-21(27)24-19-9-6-14-26(17-19)31(29,30)20-11-15-25(16-12-20)22(28)23-13-10-18-7-4-3-5-8-18/h2-5,7-8,19-20H,1,6,9-17H2,(H,23,28)(H,24,27)/t19-/m0/s1. The molecule has 9 heteroatoms. The minimum absolute atomic E-state index is 0.142. The molecular weight excluding hydrogens is 416 g/mol. The molecule has 170 valence electrons. The predicted molar refractivity (Wildman–Crippen MR) is 120 cm³/mol. The van der Waals surface area contributed by atoms with Crippen molar-refractivity contribution in [2.24, 2.45) is 0 Å². The first-order chi connectivity index (χ1) is 14.9. The van der Waals surface area contributed by atoms with Gasteiger partial charge in [-0.25, -0.2) is 13.2 Å². The quantitative estimate of drug-likeness (QED) is 0.618. The Balaban J connectivity index is 1.46. The van der Waals surface area contributed by atoms with Crippen molar-refractivity contribution in [2.75, 3.05) is 32.7 Å². The van der Waals surface area contributed by atoms with Crippen LogP contribution in [0.1, 0.15) is 31.2 Å². The number of sulfonamides is 1. The van der Waals surface area contributed by atoms with E-state index in [4.69, 9.17) is 0 Å². The zero-order valence-corrected chi connectivity index (χ0v) is 18.6. The van der Waals surface area contributed by atoms with Crippen LogP contribution in [0.25, 0.3) is 0 Å². The maximum atomic E-state index is 13.1. The van der Waals surface area contributed by atoms with E-state index < -0.39 is 15.3 Å². The Kier molecular flexibility index (Phi) is 8.09. The van der Waals surface area contributed by atoms with Crippen LogP contribution in [0.2, 0.25) is 0 Å². The molecule has 0 aliphatic carbocycles. The van der Waals surface area contributed by atoms with Crippen LogP contribution in [0.15, 0.2) is 43.0 Å². The highest BCUT2D eigenvalue weighted by molar-refractivity contribution is 7.89. The lowest BCUT2D eigenvalue weighted by Gasteiger charge is -2.37. The zero-order chi connectivity index (χ0) is 22.3. The third kappa shape index (κ3) is 6.30. The number of benzene rings is 1. The molecule has 0 bridgehead atoms. The van der Waals surface area contributed by atoms with Gasteiger partial charge in [-0.1, -0.05) is 36.9 Å². The summed E-state index contributed by atoms with van der Waals surface area (Å²) in [4.78, 5) is 25.7. The number of nitrogens with one attached hydrogen (secondary N) is 2. The van der Waals surface area contributed by atoms with Crippen molar-refractivity contribution in [3.8, 4) is 0 Å². The maximum Gasteiger partial charge on any atom is 0.317 e. The molecule has 2 heterocycles. The van der Waals surface area contributed by atoms with Gasteiger partial charge in [0.1, 0.15) is 0 Å². The molecule has 2 N–H and O–H groups in total. The van der Waals surface area contributed by atoms with E-state index in [0.29, 0.717) is 52.0 Å². The van der Waals surface area contributed by atoms with Crippen molar-refractivity contribution < 1.29 is 18.0 Å². The van der Waals surface area contributed by atoms with Gasteiger partial charge in [0.2, 0.25) is 15.9 Å². The van der Waals surface area contributed by atoms with Crippen molar-refractivity contribution in [1.82, 2.24) is 19.8 Å². The van der Waals surface area contributed by atoms with Crippen LogP contribution in [0.4, 0.5) is 4.79 Å². The van der Waals surface area contributed by atoms with Crippen molar-refractivity contribution in [1.29, 1.82) is 0 Å². The summed E-state index contributed by atoms with van der Waals surface area (Å²) in [6.45, 7) is 5.60. The SMILES string of the molecule is C=CC(=O)N[C@H]1CCCN(S(=O)(=O)C2CCN(C(=O)NCCc3ccccc3)CC2)C1. The maximum absolute atomic E-state index is 13.1. The molecule has 2 aliphatic heterocycles. The molecule has 3 amide bonds. The second-order valence-electron chi connectivity index (χ2n) is 8.11. The van der Waals surface area contributed by atoms with Gasteiger partial charge in [0.05, 0.1) is 5.25 Å². The minimum atomic E-state index is -3.46. The number of rotatable bonds is 7. The number of amides is 3. The van der Waals surface area contributed by atoms with Crippen LogP contribution >= 0.6 is 0 Å². The largest absolute Gasteiger partial charge is 0.349 e. The van der Waals surface area contributed by atoms with Crippen LogP contribution in [0.5, 0.6) is 0 Å². The first-order valence-corrected chi connectivity index (χ1v) is 12.4. The van der Waals surface area contributed by atoms with Crippen molar-refractivity contribution in [3.05, 3.63) is 48.6 Å². The fourth-order valence-electron chi connectivity index (χ4n) is 4.19. The molecular formula is C22H32N4O4S. The highest BCUT2D eigenvalue weighted by Crippen LogP contribution is 2.24. The van der Waals surface area contributed by atoms with Crippen LogP contribution in [-0.4, -0.2) is 73.6 Å². The highest BCUT2D eigenvalue weighted by atomic mass is 32.2. The summed E-state index contributed by atoms with van der Waals surface area (Å²) in [5.74, 6) is -0.282. The van der Waals surface area contributed by atoms with Gasteiger partial charge in [-0.05, 0) is 43.7 Å². The molecule has 31 heavy (non-hydrogen) atoms. The van der Waals surface area contributed by atoms with E-state index in [9.17, 15) is 18.0 Å². The molecule has 1 atom stereocenters. The highest BCUT2D eigenvalue weighted by Gasteiger charge is 2.38. The van der Waals surface area contributed by atoms with Gasteiger partial charge in [0.25, 0.3) is 0 Å². The Hall–Kier alpha value is -2.39. The summed E-state index contributed by atoms with van der Waals surface area (Å²) in [6.07, 6.45) is 4.28. The Labute approximate surface area is 184 Å². The molecule has 0 spiro atoms. The fraction of sp³-hybridized carbons (Fsp3) is 0.545. The molecule has 0 radical (unpaired) electrons. The number of hydrogen-bond donors (Lipinski definition) is 2. The first-order valence-electron chi connectivity index (χ1n) is 10.9. The van der Waals surface area contributed by atoms with E-state index in [-0.39, 0.29) is 18.0 Å². The van der Waals surface area contributed by atoms with Crippen molar-refractivity contribution in [3.63, 3.8) is 0 Å². The van der Waals surface area contributed by atoms with E-state index in [0.717, 1.165) is 18.4 Å². The monoisotopic (exact) mass is 448 g/mol. The lowest BCUT2D eigenvalue weighted by Crippen LogP contribution is -2.54. The Bertz CT molecular complexity index is 867. The average molecular weight is 449 g/mol. The Morgan fingerprint density at radius 3 is 2.48 bits per heavy atom. The normalized spacial score (nSPS) is 20.8. The van der Waals surface area contributed by atoms with Crippen molar-refractivity contribution >= 4 is 22.0 Å². The molecule has 1 aromatic rings. The van der Waals surface area contributed by atoms with Gasteiger partial charge in [-0.2, -0.15) is 4.31 Å². The topological polar surface area (TPSA) is 98.8 Å². The Morgan fingerprint density at radius 2 is 1.81 bits per heavy atom. The Morgan fingerprint density at radius 1 is 1.10 bits per heavy atom. The third-order valence-corrected chi connectivity index (χ3v) is 8.32. The van der Waals surface area contributed by atoms with Gasteiger partial charge in [-0.3, -0.25) is 4.79 Å². The number of nitrogens with zero attached hydrogens (tertiary/aromatic N) is 2. The smallest absolute Gasteiger partial charge is 0.317 e. The lowest BCUT2D eigenvalue weighted by atomic mass is 10.1. The lowest BCUT2D eigenvalue weighted by molar-refractivity contribution is -0.117. The van der Waals surface area contributed by atoms with E-state index in [1.807, 2.05) is 30.3 Å². The van der Waals surface area contributed by atoms with Crippen LogP contribution < -0.4 is 10.6 Å². The van der Waals surface area contributed by atoms with E-state index in [1.165, 1.54) is 10.4 Å². The zero-order valence-electron chi connectivity index (χ0n) is 17.8. The molecule has 2 fully saturated rings. The van der Waals surface area contributed by atoms with E-state index in [2.05, 4.69) is 17.2 Å². The summed E-state index contributed by atoms with van der Waals surface area (Å²) in [7, 11) is -3.46. The van der Waals surface area contributed by atoms with Gasteiger partial charge in [0.15, 0.2) is 0 Å². The molecule has 0 aromatic heterocycles. The molecule has 2 saturated heterocycles. The van der Waals surface area contributed by atoms with Gasteiger partial charge >= 0.3 is 6.03 Å². The number of hydrogen-bond acceptors (Lipinski definition) is 4. The third-order valence-electron chi connectivity index (χ3n) is 5.96. The first kappa shape index (κ1) is 23.3. The second kappa shape index (κ2) is 10.8. The van der Waals surface area contributed by atoms with Gasteiger partial charge in [0, 0.05) is 38.8 Å². The molecule has 0 unspecified atom stereocenters. The van der Waals surface area contributed by atoms with Crippen molar-refractivity contribution in [2.45, 2.75) is 43.4 Å². The molecule has 2 aliphatic rings. The van der Waals surface area contributed by atoms with Crippen LogP contribution in [0, 0.1) is 0 Å². The molecule has 1 aromatic carbocycles. The predicted octanol–water partition coefficient (Wildman–Crippen LogP) is 1.50. The number of urea groups is 1. The number of likely N-dealkylation sites (tertiary alicyclic amines) is 1. The second-order valence-corrected chi connectivity index (χ2v) is 10.3. The number of piperidine rings is 2. The average Bonchev–Trinajstić information content (AvgIpc) is 2.80. The number of carbonyl (C=O) groups is 2. The minimum Gasteiger partial charge on any atom is -0.349 e. The van der Waals surface area contributed by atoms with Gasteiger partial charge < -0.3 is 15.5 Å².